The topological polar surface area (TPSA) is 130 Å². The summed E-state index contributed by atoms with van der Waals surface area (Å²) in [6, 6.07) is 17.1. The number of hydrogen-bond donors (Lipinski definition) is 5. The van der Waals surface area contributed by atoms with Gasteiger partial charge in [0, 0.05) is 12.3 Å². The fourth-order valence-corrected chi connectivity index (χ4v) is 6.29. The molecule has 0 saturated carbocycles. The van der Waals surface area contributed by atoms with E-state index in [9.17, 15) is 9.90 Å². The van der Waals surface area contributed by atoms with E-state index in [0.717, 1.165) is 31.5 Å². The highest BCUT2D eigenvalue weighted by molar-refractivity contribution is 5.84. The van der Waals surface area contributed by atoms with Gasteiger partial charge in [0.15, 0.2) is 5.96 Å². The highest BCUT2D eigenvalue weighted by Gasteiger charge is 2.32. The molecule has 0 aliphatic heterocycles. The molecule has 3 aromatic rings. The SMILES string of the molecule is CCCCCCCC[C@H]1c2cc3ccccc3cc2CC[C@@H]1C[C@@H](Nc1ccc[nH]1)/C(=C/C(=O)O)CN=C(N)N. The van der Waals surface area contributed by atoms with Crippen LogP contribution in [0.4, 0.5) is 5.82 Å². The molecule has 1 heterocycles. The number of rotatable bonds is 15. The Balaban J connectivity index is 1.64. The van der Waals surface area contributed by atoms with Gasteiger partial charge in [-0.3, -0.25) is 0 Å². The molecular formula is C33H45N5O2. The maximum atomic E-state index is 11.8. The van der Waals surface area contributed by atoms with Gasteiger partial charge < -0.3 is 26.9 Å². The van der Waals surface area contributed by atoms with E-state index in [0.29, 0.717) is 17.4 Å². The molecule has 4 rings (SSSR count). The van der Waals surface area contributed by atoms with Gasteiger partial charge in [-0.25, -0.2) is 9.79 Å². The Bertz CT molecular complexity index is 1290. The second-order valence-electron chi connectivity index (χ2n) is 11.2. The third kappa shape index (κ3) is 8.13. The van der Waals surface area contributed by atoms with Gasteiger partial charge in [-0.1, -0.05) is 81.8 Å². The number of carbonyl (C=O) groups is 1. The Hall–Kier alpha value is -3.74. The Morgan fingerprint density at radius 1 is 1.10 bits per heavy atom. The van der Waals surface area contributed by atoms with E-state index in [1.54, 1.807) is 0 Å². The number of nitrogens with one attached hydrogen (secondary N) is 2. The number of aromatic amines is 1. The first-order valence-corrected chi connectivity index (χ1v) is 14.8. The van der Waals surface area contributed by atoms with Gasteiger partial charge >= 0.3 is 5.97 Å². The number of guanidine groups is 1. The van der Waals surface area contributed by atoms with Crippen molar-refractivity contribution >= 4 is 28.5 Å². The second-order valence-corrected chi connectivity index (χ2v) is 11.2. The maximum absolute atomic E-state index is 11.8. The summed E-state index contributed by atoms with van der Waals surface area (Å²) in [5, 5.41) is 15.8. The number of carboxylic acids is 1. The van der Waals surface area contributed by atoms with Gasteiger partial charge in [-0.15, -0.1) is 0 Å². The standard InChI is InChI=1S/C33H45N5O2/c1-2-3-4-5-6-7-13-28-26(16-15-25-18-23-11-8-9-12-24(23)19-29(25)28)20-30(38-31-14-10-17-36-31)27(21-32(39)40)22-37-33(34)35/h8-12,14,17-19,21,26,28,30,36,38H,2-7,13,15-16,20,22H2,1H3,(H,39,40)(H4,34,35,37)/b27-21+/t26-,28-,30-/m1/s1. The summed E-state index contributed by atoms with van der Waals surface area (Å²) in [6.07, 6.45) is 14.8. The van der Waals surface area contributed by atoms with Crippen LogP contribution in [0, 0.1) is 5.92 Å². The quantitative estimate of drug-likeness (QED) is 0.0629. The molecule has 0 unspecified atom stereocenters. The number of aliphatic carboxylic acids is 1. The Labute approximate surface area is 238 Å². The number of aryl methyl sites for hydroxylation is 1. The molecule has 0 spiro atoms. The summed E-state index contributed by atoms with van der Waals surface area (Å²) in [6.45, 7) is 2.40. The van der Waals surface area contributed by atoms with E-state index in [4.69, 9.17) is 11.5 Å². The van der Waals surface area contributed by atoms with Crippen molar-refractivity contribution in [2.24, 2.45) is 22.4 Å². The lowest BCUT2D eigenvalue weighted by Gasteiger charge is -2.37. The lowest BCUT2D eigenvalue weighted by molar-refractivity contribution is -0.131. The van der Waals surface area contributed by atoms with Gasteiger partial charge in [0.1, 0.15) is 5.82 Å². The molecule has 7 N–H and O–H groups in total. The molecule has 3 atom stereocenters. The van der Waals surface area contributed by atoms with E-state index in [-0.39, 0.29) is 18.5 Å². The predicted molar refractivity (Wildman–Crippen MR) is 166 cm³/mol. The van der Waals surface area contributed by atoms with Crippen molar-refractivity contribution in [3.05, 3.63) is 77.5 Å². The fraction of sp³-hybridized carbons (Fsp3) is 0.455. The summed E-state index contributed by atoms with van der Waals surface area (Å²) >= 11 is 0. The number of fused-ring (bicyclic) bond motifs is 2. The molecule has 0 fully saturated rings. The molecule has 2 aromatic carbocycles. The molecule has 0 amide bonds. The van der Waals surface area contributed by atoms with Gasteiger partial charge in [-0.05, 0) is 77.1 Å². The van der Waals surface area contributed by atoms with Crippen molar-refractivity contribution in [1.29, 1.82) is 0 Å². The van der Waals surface area contributed by atoms with Crippen LogP contribution in [-0.2, 0) is 11.2 Å². The van der Waals surface area contributed by atoms with Gasteiger partial charge in [0.05, 0.1) is 12.6 Å². The van der Waals surface area contributed by atoms with Crippen LogP contribution in [0.2, 0.25) is 0 Å². The molecule has 214 valence electrons. The minimum Gasteiger partial charge on any atom is -0.478 e. The molecule has 1 aliphatic rings. The number of hydrogen-bond acceptors (Lipinski definition) is 3. The zero-order valence-electron chi connectivity index (χ0n) is 23.7. The number of aliphatic imine (C=N–C) groups is 1. The average Bonchev–Trinajstić information content (AvgIpc) is 3.45. The van der Waals surface area contributed by atoms with Crippen LogP contribution in [0.25, 0.3) is 10.8 Å². The summed E-state index contributed by atoms with van der Waals surface area (Å²) < 4.78 is 0. The molecule has 1 aromatic heterocycles. The molecule has 0 bridgehead atoms. The molecule has 0 saturated heterocycles. The number of nitrogens with zero attached hydrogens (tertiary/aromatic N) is 1. The third-order valence-corrected chi connectivity index (χ3v) is 8.30. The summed E-state index contributed by atoms with van der Waals surface area (Å²) in [4.78, 5) is 19.2. The zero-order valence-corrected chi connectivity index (χ0v) is 23.7. The fourth-order valence-electron chi connectivity index (χ4n) is 6.29. The lowest BCUT2D eigenvalue weighted by Crippen LogP contribution is -2.32. The second kappa shape index (κ2) is 14.6. The first-order valence-electron chi connectivity index (χ1n) is 14.8. The van der Waals surface area contributed by atoms with Crippen LogP contribution < -0.4 is 16.8 Å². The van der Waals surface area contributed by atoms with Gasteiger partial charge in [0.25, 0.3) is 0 Å². The van der Waals surface area contributed by atoms with E-state index in [1.165, 1.54) is 66.5 Å². The minimum atomic E-state index is -0.997. The summed E-state index contributed by atoms with van der Waals surface area (Å²) in [7, 11) is 0. The summed E-state index contributed by atoms with van der Waals surface area (Å²) in [5.41, 5.74) is 14.9. The first-order chi connectivity index (χ1) is 19.4. The highest BCUT2D eigenvalue weighted by atomic mass is 16.4. The molecule has 7 heteroatoms. The molecule has 0 radical (unpaired) electrons. The van der Waals surface area contributed by atoms with Crippen LogP contribution in [0.5, 0.6) is 0 Å². The van der Waals surface area contributed by atoms with Gasteiger partial charge in [0.2, 0.25) is 0 Å². The molecular weight excluding hydrogens is 498 g/mol. The number of carboxylic acid groups (broad SMARTS) is 1. The van der Waals surface area contributed by atoms with E-state index >= 15 is 0 Å². The van der Waals surface area contributed by atoms with Crippen molar-refractivity contribution in [3.8, 4) is 0 Å². The highest BCUT2D eigenvalue weighted by Crippen LogP contribution is 2.44. The smallest absolute Gasteiger partial charge is 0.328 e. The van der Waals surface area contributed by atoms with Crippen molar-refractivity contribution < 1.29 is 9.90 Å². The normalized spacial score (nSPS) is 17.8. The molecule has 40 heavy (non-hydrogen) atoms. The van der Waals surface area contributed by atoms with Crippen LogP contribution in [0.1, 0.15) is 81.8 Å². The lowest BCUT2D eigenvalue weighted by atomic mass is 9.69. The number of unbranched alkanes of at least 4 members (excludes halogenated alkanes) is 5. The van der Waals surface area contributed by atoms with Crippen molar-refractivity contribution in [2.75, 3.05) is 11.9 Å². The van der Waals surface area contributed by atoms with Gasteiger partial charge in [-0.2, -0.15) is 0 Å². The number of anilines is 1. The Morgan fingerprint density at radius 3 is 2.55 bits per heavy atom. The monoisotopic (exact) mass is 543 g/mol. The predicted octanol–water partition coefficient (Wildman–Crippen LogP) is 6.72. The van der Waals surface area contributed by atoms with Crippen molar-refractivity contribution in [3.63, 3.8) is 0 Å². The maximum Gasteiger partial charge on any atom is 0.328 e. The van der Waals surface area contributed by atoms with E-state index in [2.05, 4.69) is 58.6 Å². The van der Waals surface area contributed by atoms with Crippen LogP contribution in [0.15, 0.2) is 71.4 Å². The first kappa shape index (κ1) is 29.2. The Morgan fingerprint density at radius 2 is 1.85 bits per heavy atom. The number of aromatic nitrogens is 1. The minimum absolute atomic E-state index is 0.0469. The van der Waals surface area contributed by atoms with Crippen LogP contribution >= 0.6 is 0 Å². The number of benzene rings is 2. The number of nitrogens with two attached hydrogens (primary N) is 2. The van der Waals surface area contributed by atoms with Crippen LogP contribution in [-0.4, -0.2) is 34.6 Å². The number of H-pyrrole nitrogens is 1. The van der Waals surface area contributed by atoms with E-state index in [1.807, 2.05) is 18.3 Å². The van der Waals surface area contributed by atoms with Crippen molar-refractivity contribution in [1.82, 2.24) is 4.98 Å². The van der Waals surface area contributed by atoms with Crippen molar-refractivity contribution in [2.45, 2.75) is 83.1 Å². The Kier molecular flexibility index (Phi) is 10.7. The molecule has 7 nitrogen and oxygen atoms in total. The third-order valence-electron chi connectivity index (χ3n) is 8.30. The largest absolute Gasteiger partial charge is 0.478 e. The zero-order chi connectivity index (χ0) is 28.3. The van der Waals surface area contributed by atoms with Crippen LogP contribution in [0.3, 0.4) is 0 Å². The average molecular weight is 544 g/mol. The van der Waals surface area contributed by atoms with E-state index < -0.39 is 5.97 Å². The molecule has 1 aliphatic carbocycles. The summed E-state index contributed by atoms with van der Waals surface area (Å²) in [5.74, 6) is 0.618.